The average Bonchev–Trinajstić information content (AvgIpc) is 2.41. The van der Waals surface area contributed by atoms with Gasteiger partial charge in [0.25, 0.3) is 0 Å². The van der Waals surface area contributed by atoms with Crippen LogP contribution < -0.4 is 5.32 Å². The van der Waals surface area contributed by atoms with Gasteiger partial charge in [-0.25, -0.2) is 4.39 Å². The minimum atomic E-state index is -4.42. The normalized spacial score (nSPS) is 13.2. The van der Waals surface area contributed by atoms with Crippen LogP contribution in [0.25, 0.3) is 0 Å². The van der Waals surface area contributed by atoms with Gasteiger partial charge in [0.2, 0.25) is 0 Å². The van der Waals surface area contributed by atoms with Crippen molar-refractivity contribution in [2.45, 2.75) is 12.2 Å². The van der Waals surface area contributed by atoms with Crippen LogP contribution in [-0.2, 0) is 6.18 Å². The summed E-state index contributed by atoms with van der Waals surface area (Å²) in [4.78, 5) is 0. The molecule has 0 aliphatic rings. The zero-order valence-corrected chi connectivity index (χ0v) is 12.6. The van der Waals surface area contributed by atoms with E-state index in [2.05, 4.69) is 21.2 Å². The summed E-state index contributed by atoms with van der Waals surface area (Å²) in [6.45, 7) is 0. The Hall–Kier alpha value is -1.40. The number of rotatable bonds is 3. The van der Waals surface area contributed by atoms with Gasteiger partial charge in [-0.15, -0.1) is 0 Å². The number of hydrogen-bond acceptors (Lipinski definition) is 1. The van der Waals surface area contributed by atoms with Gasteiger partial charge in [-0.05, 0) is 36.9 Å². The maximum atomic E-state index is 14.0. The van der Waals surface area contributed by atoms with E-state index in [-0.39, 0.29) is 0 Å². The number of halogens is 5. The molecule has 6 heteroatoms. The highest BCUT2D eigenvalue weighted by molar-refractivity contribution is 9.10. The lowest BCUT2D eigenvalue weighted by atomic mass is 9.96. The Kier molecular flexibility index (Phi) is 4.68. The lowest BCUT2D eigenvalue weighted by Crippen LogP contribution is -2.19. The van der Waals surface area contributed by atoms with Crippen LogP contribution in [0.3, 0.4) is 0 Å². The van der Waals surface area contributed by atoms with Crippen molar-refractivity contribution in [1.82, 2.24) is 5.32 Å². The van der Waals surface area contributed by atoms with Gasteiger partial charge in [0.05, 0.1) is 11.6 Å². The van der Waals surface area contributed by atoms with Gasteiger partial charge < -0.3 is 5.32 Å². The minimum absolute atomic E-state index is 0.292. The molecule has 1 unspecified atom stereocenters. The summed E-state index contributed by atoms with van der Waals surface area (Å²) in [5.41, 5.74) is -0.105. The number of benzene rings is 2. The number of nitrogens with one attached hydrogen (secondary N) is 1. The quantitative estimate of drug-likeness (QED) is 0.765. The fourth-order valence-electron chi connectivity index (χ4n) is 2.13. The van der Waals surface area contributed by atoms with Crippen molar-refractivity contribution in [2.24, 2.45) is 0 Å². The van der Waals surface area contributed by atoms with Crippen molar-refractivity contribution in [1.29, 1.82) is 0 Å². The summed E-state index contributed by atoms with van der Waals surface area (Å²) in [5, 5.41) is 2.85. The van der Waals surface area contributed by atoms with Crippen LogP contribution in [0, 0.1) is 5.82 Å². The third-order valence-electron chi connectivity index (χ3n) is 3.11. The zero-order chi connectivity index (χ0) is 15.6. The van der Waals surface area contributed by atoms with E-state index in [0.717, 1.165) is 12.1 Å². The predicted octanol–water partition coefficient (Wildman–Crippen LogP) is 4.92. The first-order chi connectivity index (χ1) is 9.82. The molecule has 0 radical (unpaired) electrons. The smallest absolute Gasteiger partial charge is 0.309 e. The van der Waals surface area contributed by atoms with Crippen LogP contribution >= 0.6 is 15.9 Å². The first-order valence-corrected chi connectivity index (χ1v) is 6.91. The molecule has 0 amide bonds. The van der Waals surface area contributed by atoms with Gasteiger partial charge in [-0.1, -0.05) is 34.1 Å². The molecule has 0 aromatic heterocycles. The van der Waals surface area contributed by atoms with E-state index < -0.39 is 23.6 Å². The molecule has 2 aromatic carbocycles. The Bertz CT molecular complexity index is 640. The van der Waals surface area contributed by atoms with E-state index in [1.807, 2.05) is 0 Å². The summed E-state index contributed by atoms with van der Waals surface area (Å²) in [6, 6.07) is 8.71. The molecule has 2 aromatic rings. The molecule has 0 spiro atoms. The van der Waals surface area contributed by atoms with E-state index in [9.17, 15) is 17.6 Å². The molecule has 0 saturated carbocycles. The van der Waals surface area contributed by atoms with Crippen LogP contribution in [0.15, 0.2) is 46.9 Å². The van der Waals surface area contributed by atoms with Crippen molar-refractivity contribution in [2.75, 3.05) is 7.05 Å². The van der Waals surface area contributed by atoms with Crippen molar-refractivity contribution >= 4 is 15.9 Å². The van der Waals surface area contributed by atoms with Crippen LogP contribution in [0.4, 0.5) is 17.6 Å². The Morgan fingerprint density at radius 1 is 1.10 bits per heavy atom. The molecule has 0 heterocycles. The van der Waals surface area contributed by atoms with E-state index in [1.165, 1.54) is 18.2 Å². The fraction of sp³-hybridized carbons (Fsp3) is 0.200. The van der Waals surface area contributed by atoms with Gasteiger partial charge in [-0.3, -0.25) is 0 Å². The van der Waals surface area contributed by atoms with E-state index in [0.29, 0.717) is 15.6 Å². The molecule has 1 atom stereocenters. The summed E-state index contributed by atoms with van der Waals surface area (Å²) in [7, 11) is 1.58. The molecular weight excluding hydrogens is 350 g/mol. The van der Waals surface area contributed by atoms with Crippen molar-refractivity contribution < 1.29 is 17.6 Å². The van der Waals surface area contributed by atoms with Gasteiger partial charge in [-0.2, -0.15) is 13.2 Å². The zero-order valence-electron chi connectivity index (χ0n) is 11.0. The summed E-state index contributed by atoms with van der Waals surface area (Å²) in [5.74, 6) is -0.485. The van der Waals surface area contributed by atoms with E-state index in [4.69, 9.17) is 0 Å². The van der Waals surface area contributed by atoms with Crippen molar-refractivity contribution in [3.05, 3.63) is 69.4 Å². The lowest BCUT2D eigenvalue weighted by Gasteiger charge is -2.19. The summed E-state index contributed by atoms with van der Waals surface area (Å²) < 4.78 is 52.9. The predicted molar refractivity (Wildman–Crippen MR) is 76.4 cm³/mol. The topological polar surface area (TPSA) is 12.0 Å². The molecule has 0 aliphatic carbocycles. The van der Waals surface area contributed by atoms with Crippen molar-refractivity contribution in [3.63, 3.8) is 0 Å². The van der Waals surface area contributed by atoms with Gasteiger partial charge in [0.1, 0.15) is 5.82 Å². The molecule has 112 valence electrons. The molecule has 21 heavy (non-hydrogen) atoms. The Morgan fingerprint density at radius 2 is 1.81 bits per heavy atom. The second kappa shape index (κ2) is 6.15. The Balaban J connectivity index is 2.47. The largest absolute Gasteiger partial charge is 0.416 e. The first-order valence-electron chi connectivity index (χ1n) is 6.12. The standard InChI is InChI=1S/C15H12BrF4N/c1-21-14(12-6-5-11(16)8-13(12)17)9-3-2-4-10(7-9)15(18,19)20/h2-8,14,21H,1H3. The van der Waals surface area contributed by atoms with Crippen LogP contribution in [0.5, 0.6) is 0 Å². The maximum absolute atomic E-state index is 14.0. The fourth-order valence-corrected chi connectivity index (χ4v) is 2.47. The van der Waals surface area contributed by atoms with Gasteiger partial charge in [0, 0.05) is 10.0 Å². The molecule has 2 rings (SSSR count). The van der Waals surface area contributed by atoms with Crippen LogP contribution in [0.1, 0.15) is 22.7 Å². The molecule has 1 nitrogen and oxygen atoms in total. The van der Waals surface area contributed by atoms with Crippen LogP contribution in [-0.4, -0.2) is 7.05 Å². The Morgan fingerprint density at radius 3 is 2.38 bits per heavy atom. The van der Waals surface area contributed by atoms with E-state index in [1.54, 1.807) is 19.2 Å². The summed E-state index contributed by atoms with van der Waals surface area (Å²) >= 11 is 3.15. The molecule has 1 N–H and O–H groups in total. The monoisotopic (exact) mass is 361 g/mol. The lowest BCUT2D eigenvalue weighted by molar-refractivity contribution is -0.137. The SMILES string of the molecule is CNC(c1cccc(C(F)(F)F)c1)c1ccc(Br)cc1F. The highest BCUT2D eigenvalue weighted by Gasteiger charge is 2.31. The maximum Gasteiger partial charge on any atom is 0.416 e. The second-order valence-electron chi connectivity index (χ2n) is 4.51. The van der Waals surface area contributed by atoms with Gasteiger partial charge >= 0.3 is 6.18 Å². The Labute approximate surface area is 128 Å². The highest BCUT2D eigenvalue weighted by atomic mass is 79.9. The number of hydrogen-bond donors (Lipinski definition) is 1. The van der Waals surface area contributed by atoms with Crippen molar-refractivity contribution in [3.8, 4) is 0 Å². The first kappa shape index (κ1) is 16.0. The molecule has 0 fully saturated rings. The van der Waals surface area contributed by atoms with E-state index >= 15 is 0 Å². The highest BCUT2D eigenvalue weighted by Crippen LogP contribution is 2.33. The minimum Gasteiger partial charge on any atom is -0.309 e. The third kappa shape index (κ3) is 3.63. The molecule has 0 bridgehead atoms. The summed E-state index contributed by atoms with van der Waals surface area (Å²) in [6.07, 6.45) is -4.42. The molecule has 0 aliphatic heterocycles. The third-order valence-corrected chi connectivity index (χ3v) is 3.60. The average molecular weight is 362 g/mol. The number of alkyl halides is 3. The van der Waals surface area contributed by atoms with Crippen LogP contribution in [0.2, 0.25) is 0 Å². The molecule has 0 saturated heterocycles. The second-order valence-corrected chi connectivity index (χ2v) is 5.43. The molecular formula is C15H12BrF4N. The van der Waals surface area contributed by atoms with Gasteiger partial charge in [0.15, 0.2) is 0 Å².